The lowest BCUT2D eigenvalue weighted by molar-refractivity contribution is -0.133. The average molecular weight is 421 g/mol. The number of unbranched alkanes of at least 4 members (excludes halogenated alkanes) is 2. The Morgan fingerprint density at radius 3 is 2.78 bits per heavy atom. The topological polar surface area (TPSA) is 104 Å². The molecule has 8 heteroatoms. The van der Waals surface area contributed by atoms with E-state index in [-0.39, 0.29) is 29.1 Å². The highest BCUT2D eigenvalue weighted by atomic mass is 32.2. The van der Waals surface area contributed by atoms with Gasteiger partial charge in [-0.25, -0.2) is 0 Å². The summed E-state index contributed by atoms with van der Waals surface area (Å²) in [6, 6.07) is 0. The molecule has 0 bridgehead atoms. The van der Waals surface area contributed by atoms with Crippen molar-refractivity contribution in [2.75, 3.05) is 31.0 Å². The number of hydrogen-bond donors (Lipinski definition) is 3. The monoisotopic (exact) mass is 420 g/mol. The summed E-state index contributed by atoms with van der Waals surface area (Å²) >= 11 is 2.89. The third-order valence-electron chi connectivity index (χ3n) is 4.38. The van der Waals surface area contributed by atoms with Gasteiger partial charge in [0.25, 0.3) is 0 Å². The van der Waals surface area contributed by atoms with Crippen molar-refractivity contribution >= 4 is 35.3 Å². The molecule has 1 aliphatic rings. The van der Waals surface area contributed by atoms with E-state index in [1.807, 2.05) is 0 Å². The van der Waals surface area contributed by atoms with Crippen molar-refractivity contribution in [3.8, 4) is 0 Å². The molecule has 0 radical (unpaired) electrons. The number of hydrogen-bond acceptors (Lipinski definition) is 7. The Labute approximate surface area is 170 Å². The van der Waals surface area contributed by atoms with E-state index >= 15 is 0 Å². The summed E-state index contributed by atoms with van der Waals surface area (Å²) in [6.07, 6.45) is 6.79. The van der Waals surface area contributed by atoms with Crippen molar-refractivity contribution in [1.82, 2.24) is 0 Å². The zero-order valence-electron chi connectivity index (χ0n) is 15.9. The number of carboxylic acid groups (broad SMARTS) is 1. The SMILES string of the molecule is COCCCCCC(O)C=C[C@H]1[C@H](O)CC(=O)[C@@H]1SCCCSCC(=O)O. The van der Waals surface area contributed by atoms with Crippen LogP contribution in [0.1, 0.15) is 38.5 Å². The number of carbonyl (C=O) groups is 2. The number of aliphatic hydroxyl groups excluding tert-OH is 2. The minimum atomic E-state index is -0.816. The van der Waals surface area contributed by atoms with Crippen LogP contribution < -0.4 is 0 Å². The van der Waals surface area contributed by atoms with E-state index in [2.05, 4.69) is 0 Å². The summed E-state index contributed by atoms with van der Waals surface area (Å²) < 4.78 is 5.00. The van der Waals surface area contributed by atoms with Crippen LogP contribution in [0.15, 0.2) is 12.2 Å². The first-order chi connectivity index (χ1) is 13.0. The number of Topliss-reactive ketones (excluding diaryl/α,β-unsaturated/α-hetero) is 1. The second kappa shape index (κ2) is 14.5. The highest BCUT2D eigenvalue weighted by Gasteiger charge is 2.40. The fourth-order valence-electron chi connectivity index (χ4n) is 2.97. The molecule has 6 nitrogen and oxygen atoms in total. The van der Waals surface area contributed by atoms with Crippen LogP contribution in [0.3, 0.4) is 0 Å². The first-order valence-electron chi connectivity index (χ1n) is 9.43. The van der Waals surface area contributed by atoms with Gasteiger partial charge in [0.1, 0.15) is 5.78 Å². The van der Waals surface area contributed by atoms with Gasteiger partial charge in [0.05, 0.1) is 23.2 Å². The average Bonchev–Trinajstić information content (AvgIpc) is 2.88. The molecule has 1 fully saturated rings. The molecule has 1 aliphatic carbocycles. The van der Waals surface area contributed by atoms with Gasteiger partial charge in [-0.2, -0.15) is 11.8 Å². The van der Waals surface area contributed by atoms with Gasteiger partial charge in [0.2, 0.25) is 0 Å². The molecule has 1 rings (SSSR count). The molecule has 0 heterocycles. The van der Waals surface area contributed by atoms with Gasteiger partial charge in [-0.05, 0) is 30.8 Å². The van der Waals surface area contributed by atoms with Gasteiger partial charge < -0.3 is 20.1 Å². The Hall–Kier alpha value is -0.540. The number of aliphatic hydroxyl groups is 2. The predicted octanol–water partition coefficient (Wildman–Crippen LogP) is 2.37. The van der Waals surface area contributed by atoms with E-state index in [4.69, 9.17) is 9.84 Å². The van der Waals surface area contributed by atoms with Gasteiger partial charge in [-0.15, -0.1) is 11.8 Å². The zero-order valence-corrected chi connectivity index (χ0v) is 17.6. The molecule has 0 aromatic carbocycles. The Morgan fingerprint density at radius 2 is 2.07 bits per heavy atom. The fourth-order valence-corrected chi connectivity index (χ4v) is 5.16. The number of ether oxygens (including phenoxy) is 1. The van der Waals surface area contributed by atoms with Crippen LogP contribution >= 0.6 is 23.5 Å². The number of carboxylic acids is 1. The minimum Gasteiger partial charge on any atom is -0.481 e. The fraction of sp³-hybridized carbons (Fsp3) is 0.789. The number of ketones is 1. The van der Waals surface area contributed by atoms with Crippen molar-refractivity contribution in [3.63, 3.8) is 0 Å². The predicted molar refractivity (Wildman–Crippen MR) is 110 cm³/mol. The Balaban J connectivity index is 2.34. The standard InChI is InChI=1S/C19H32O6S2/c1-25-9-4-2-3-6-14(20)7-8-15-16(21)12-17(22)19(15)27-11-5-10-26-13-18(23)24/h7-8,14-16,19-21H,2-6,9-13H2,1H3,(H,23,24)/t14?,15-,16+,19+/m0/s1. The maximum absolute atomic E-state index is 12.1. The van der Waals surface area contributed by atoms with Crippen LogP contribution in [0.25, 0.3) is 0 Å². The third kappa shape index (κ3) is 10.5. The maximum atomic E-state index is 12.1. The van der Waals surface area contributed by atoms with Crippen molar-refractivity contribution in [2.45, 2.75) is 56.0 Å². The second-order valence-electron chi connectivity index (χ2n) is 6.70. The molecule has 0 aromatic rings. The van der Waals surface area contributed by atoms with Gasteiger partial charge in [-0.1, -0.05) is 25.0 Å². The number of methoxy groups -OCH3 is 1. The quantitative estimate of drug-likeness (QED) is 0.274. The Kier molecular flexibility index (Phi) is 13.1. The largest absolute Gasteiger partial charge is 0.481 e. The van der Waals surface area contributed by atoms with Crippen molar-refractivity contribution < 1.29 is 29.6 Å². The van der Waals surface area contributed by atoms with Crippen LogP contribution in [0, 0.1) is 5.92 Å². The number of rotatable bonds is 15. The smallest absolute Gasteiger partial charge is 0.313 e. The molecule has 4 atom stereocenters. The molecular weight excluding hydrogens is 388 g/mol. The zero-order chi connectivity index (χ0) is 20.1. The van der Waals surface area contributed by atoms with Crippen molar-refractivity contribution in [2.24, 2.45) is 5.92 Å². The second-order valence-corrected chi connectivity index (χ2v) is 9.06. The van der Waals surface area contributed by atoms with E-state index in [1.54, 1.807) is 19.3 Å². The lowest BCUT2D eigenvalue weighted by Gasteiger charge is -2.17. The molecule has 27 heavy (non-hydrogen) atoms. The van der Waals surface area contributed by atoms with Gasteiger partial charge in [-0.3, -0.25) is 9.59 Å². The first kappa shape index (κ1) is 24.5. The Bertz CT molecular complexity index is 471. The maximum Gasteiger partial charge on any atom is 0.313 e. The lowest BCUT2D eigenvalue weighted by Crippen LogP contribution is -2.22. The first-order valence-corrected chi connectivity index (χ1v) is 11.6. The summed E-state index contributed by atoms with van der Waals surface area (Å²) in [5.74, 6) is 0.559. The lowest BCUT2D eigenvalue weighted by atomic mass is 10.0. The van der Waals surface area contributed by atoms with E-state index in [0.29, 0.717) is 6.42 Å². The van der Waals surface area contributed by atoms with Crippen LogP contribution in [0.5, 0.6) is 0 Å². The normalized spacial score (nSPS) is 24.0. The molecule has 0 saturated heterocycles. The molecule has 1 saturated carbocycles. The van der Waals surface area contributed by atoms with E-state index < -0.39 is 18.2 Å². The molecule has 0 aliphatic heterocycles. The van der Waals surface area contributed by atoms with E-state index in [9.17, 15) is 19.8 Å². The minimum absolute atomic E-state index is 0.0504. The van der Waals surface area contributed by atoms with Crippen molar-refractivity contribution in [1.29, 1.82) is 0 Å². The third-order valence-corrected chi connectivity index (χ3v) is 6.87. The van der Waals surface area contributed by atoms with E-state index in [1.165, 1.54) is 23.5 Å². The molecule has 156 valence electrons. The number of thioether (sulfide) groups is 2. The van der Waals surface area contributed by atoms with Crippen LogP contribution in [0.2, 0.25) is 0 Å². The van der Waals surface area contributed by atoms with Gasteiger partial charge in [0.15, 0.2) is 0 Å². The van der Waals surface area contributed by atoms with Crippen molar-refractivity contribution in [3.05, 3.63) is 12.2 Å². The summed E-state index contributed by atoms with van der Waals surface area (Å²) in [7, 11) is 1.68. The molecular formula is C19H32O6S2. The summed E-state index contributed by atoms with van der Waals surface area (Å²) in [5.41, 5.74) is 0. The van der Waals surface area contributed by atoms with Crippen LogP contribution in [-0.4, -0.2) is 75.5 Å². The molecule has 3 N–H and O–H groups in total. The van der Waals surface area contributed by atoms with E-state index in [0.717, 1.165) is 43.8 Å². The highest BCUT2D eigenvalue weighted by Crippen LogP contribution is 2.34. The van der Waals surface area contributed by atoms with Crippen LogP contribution in [-0.2, 0) is 14.3 Å². The Morgan fingerprint density at radius 1 is 1.30 bits per heavy atom. The van der Waals surface area contributed by atoms with Gasteiger partial charge in [0, 0.05) is 26.1 Å². The number of carbonyl (C=O) groups excluding carboxylic acids is 1. The molecule has 0 aromatic heterocycles. The van der Waals surface area contributed by atoms with Gasteiger partial charge >= 0.3 is 5.97 Å². The van der Waals surface area contributed by atoms with Crippen LogP contribution in [0.4, 0.5) is 0 Å². The number of aliphatic carboxylic acids is 1. The summed E-state index contributed by atoms with van der Waals surface area (Å²) in [6.45, 7) is 0.732. The molecule has 1 unspecified atom stereocenters. The molecule has 0 amide bonds. The molecule has 0 spiro atoms. The summed E-state index contributed by atoms with van der Waals surface area (Å²) in [4.78, 5) is 22.6. The highest BCUT2D eigenvalue weighted by molar-refractivity contribution is 8.01. The summed E-state index contributed by atoms with van der Waals surface area (Å²) in [5, 5.41) is 28.6.